The summed E-state index contributed by atoms with van der Waals surface area (Å²) >= 11 is 8.07. The average Bonchev–Trinajstić information content (AvgIpc) is 2.55. The van der Waals surface area contributed by atoms with Gasteiger partial charge in [-0.1, -0.05) is 38.3 Å². The molecule has 0 spiro atoms. The van der Waals surface area contributed by atoms with E-state index in [4.69, 9.17) is 11.6 Å². The third-order valence-corrected chi connectivity index (χ3v) is 4.69. The Morgan fingerprint density at radius 1 is 1.38 bits per heavy atom. The van der Waals surface area contributed by atoms with Gasteiger partial charge in [0.1, 0.15) is 0 Å². The van der Waals surface area contributed by atoms with Crippen LogP contribution in [0.3, 0.4) is 0 Å². The van der Waals surface area contributed by atoms with Crippen LogP contribution in [0, 0.1) is 12.8 Å². The van der Waals surface area contributed by atoms with Crippen LogP contribution < -0.4 is 5.32 Å². The molecule has 1 nitrogen and oxygen atoms in total. The molecule has 3 heteroatoms. The van der Waals surface area contributed by atoms with E-state index in [0.29, 0.717) is 6.04 Å². The third-order valence-electron chi connectivity index (χ3n) is 2.86. The number of nitrogens with one attached hydrogen (secondary N) is 1. The zero-order chi connectivity index (χ0) is 12.1. The lowest BCUT2D eigenvalue weighted by Crippen LogP contribution is -2.15. The lowest BCUT2D eigenvalue weighted by atomic mass is 10.0. The predicted octanol–water partition coefficient (Wildman–Crippen LogP) is 4.80. The monoisotopic (exact) mass is 259 g/mol. The van der Waals surface area contributed by atoms with E-state index < -0.39 is 0 Å². The van der Waals surface area contributed by atoms with Gasteiger partial charge in [0.05, 0.1) is 5.02 Å². The van der Waals surface area contributed by atoms with Gasteiger partial charge in [-0.2, -0.15) is 0 Å². The van der Waals surface area contributed by atoms with Crippen LogP contribution in [0.4, 0.5) is 0 Å². The molecule has 0 aliphatic heterocycles. The van der Waals surface area contributed by atoms with Gasteiger partial charge >= 0.3 is 0 Å². The van der Waals surface area contributed by atoms with E-state index in [2.05, 4.69) is 31.5 Å². The van der Waals surface area contributed by atoms with E-state index in [1.54, 1.807) is 11.3 Å². The Hall–Kier alpha value is -0.0500. The number of aryl methyl sites for hydroxylation is 1. The molecule has 0 bridgehead atoms. The molecule has 1 atom stereocenters. The minimum absolute atomic E-state index is 0.421. The Kier molecular flexibility index (Phi) is 5.81. The van der Waals surface area contributed by atoms with E-state index in [1.165, 1.54) is 29.7 Å². The molecule has 92 valence electrons. The highest BCUT2D eigenvalue weighted by Crippen LogP contribution is 2.34. The molecule has 0 amide bonds. The SMILES string of the molecule is CNC(CCCC(C)C)c1scc(C)c1Cl. The maximum Gasteiger partial charge on any atom is 0.0590 e. The van der Waals surface area contributed by atoms with Crippen LogP contribution in [0.2, 0.25) is 5.02 Å². The maximum absolute atomic E-state index is 6.29. The molecular formula is C13H22ClNS. The fourth-order valence-corrected chi connectivity index (χ4v) is 3.29. The van der Waals surface area contributed by atoms with Gasteiger partial charge in [-0.05, 0) is 37.3 Å². The lowest BCUT2D eigenvalue weighted by molar-refractivity contribution is 0.474. The largest absolute Gasteiger partial charge is 0.312 e. The highest BCUT2D eigenvalue weighted by Gasteiger charge is 2.16. The minimum atomic E-state index is 0.421. The van der Waals surface area contributed by atoms with Crippen molar-refractivity contribution in [3.8, 4) is 0 Å². The molecule has 1 N–H and O–H groups in total. The molecule has 16 heavy (non-hydrogen) atoms. The second-order valence-corrected chi connectivity index (χ2v) is 6.05. The van der Waals surface area contributed by atoms with Gasteiger partial charge in [0.25, 0.3) is 0 Å². The highest BCUT2D eigenvalue weighted by atomic mass is 35.5. The van der Waals surface area contributed by atoms with E-state index in [9.17, 15) is 0 Å². The first-order valence-corrected chi connectivity index (χ1v) is 7.22. The summed E-state index contributed by atoms with van der Waals surface area (Å²) in [5.41, 5.74) is 1.20. The summed E-state index contributed by atoms with van der Waals surface area (Å²) in [5.74, 6) is 0.790. The number of hydrogen-bond donors (Lipinski definition) is 1. The van der Waals surface area contributed by atoms with Gasteiger partial charge in [0.2, 0.25) is 0 Å². The van der Waals surface area contributed by atoms with Gasteiger partial charge < -0.3 is 5.32 Å². The first-order valence-electron chi connectivity index (χ1n) is 5.97. The summed E-state index contributed by atoms with van der Waals surface area (Å²) in [6.45, 7) is 6.62. The topological polar surface area (TPSA) is 12.0 Å². The standard InChI is InChI=1S/C13H22ClNS/c1-9(2)6-5-7-11(15-4)13-12(14)10(3)8-16-13/h8-9,11,15H,5-7H2,1-4H3. The quantitative estimate of drug-likeness (QED) is 0.774. The van der Waals surface area contributed by atoms with Crippen LogP contribution in [0.25, 0.3) is 0 Å². The van der Waals surface area contributed by atoms with Gasteiger partial charge in [0, 0.05) is 10.9 Å². The van der Waals surface area contributed by atoms with Crippen molar-refractivity contribution >= 4 is 22.9 Å². The van der Waals surface area contributed by atoms with E-state index >= 15 is 0 Å². The second kappa shape index (κ2) is 6.63. The summed E-state index contributed by atoms with van der Waals surface area (Å²) in [5, 5.41) is 6.47. The molecule has 1 unspecified atom stereocenters. The summed E-state index contributed by atoms with van der Waals surface area (Å²) in [7, 11) is 2.02. The Labute approximate surface area is 108 Å². The first kappa shape index (κ1) is 14.0. The van der Waals surface area contributed by atoms with Gasteiger partial charge in [-0.25, -0.2) is 0 Å². The van der Waals surface area contributed by atoms with Crippen molar-refractivity contribution in [2.75, 3.05) is 7.05 Å². The molecule has 0 saturated carbocycles. The second-order valence-electron chi connectivity index (χ2n) is 4.76. The lowest BCUT2D eigenvalue weighted by Gasteiger charge is -2.16. The van der Waals surface area contributed by atoms with E-state index in [1.807, 2.05) is 7.05 Å². The highest BCUT2D eigenvalue weighted by molar-refractivity contribution is 7.10. The van der Waals surface area contributed by atoms with Crippen molar-refractivity contribution in [3.63, 3.8) is 0 Å². The number of thiophene rings is 1. The van der Waals surface area contributed by atoms with Crippen LogP contribution in [0.1, 0.15) is 49.6 Å². The predicted molar refractivity (Wildman–Crippen MR) is 74.6 cm³/mol. The Bertz CT molecular complexity index is 320. The molecule has 0 aliphatic carbocycles. The third kappa shape index (κ3) is 3.76. The normalized spacial score (nSPS) is 13.4. The molecule has 1 aromatic heterocycles. The van der Waals surface area contributed by atoms with Gasteiger partial charge in [-0.3, -0.25) is 0 Å². The average molecular weight is 260 g/mol. The van der Waals surface area contributed by atoms with Crippen molar-refractivity contribution < 1.29 is 0 Å². The minimum Gasteiger partial charge on any atom is -0.312 e. The summed E-state index contributed by atoms with van der Waals surface area (Å²) in [6, 6.07) is 0.421. The molecule has 0 fully saturated rings. The van der Waals surface area contributed by atoms with Crippen molar-refractivity contribution in [2.24, 2.45) is 5.92 Å². The summed E-state index contributed by atoms with van der Waals surface area (Å²) in [6.07, 6.45) is 3.73. The molecule has 0 saturated heterocycles. The molecule has 1 rings (SSSR count). The van der Waals surface area contributed by atoms with Gasteiger partial charge in [0.15, 0.2) is 0 Å². The number of halogens is 1. The van der Waals surface area contributed by atoms with Crippen LogP contribution >= 0.6 is 22.9 Å². The van der Waals surface area contributed by atoms with E-state index in [0.717, 1.165) is 10.9 Å². The van der Waals surface area contributed by atoms with Crippen molar-refractivity contribution in [1.29, 1.82) is 0 Å². The van der Waals surface area contributed by atoms with Crippen LogP contribution in [0.15, 0.2) is 5.38 Å². The fraction of sp³-hybridized carbons (Fsp3) is 0.692. The van der Waals surface area contributed by atoms with Crippen LogP contribution in [-0.4, -0.2) is 7.05 Å². The van der Waals surface area contributed by atoms with Crippen LogP contribution in [0.5, 0.6) is 0 Å². The molecule has 0 radical (unpaired) electrons. The Morgan fingerprint density at radius 3 is 2.50 bits per heavy atom. The summed E-state index contributed by atoms with van der Waals surface area (Å²) in [4.78, 5) is 1.30. The van der Waals surface area contributed by atoms with E-state index in [-0.39, 0.29) is 0 Å². The molecule has 0 aliphatic rings. The van der Waals surface area contributed by atoms with Crippen LogP contribution in [-0.2, 0) is 0 Å². The maximum atomic E-state index is 6.29. The van der Waals surface area contributed by atoms with Crippen molar-refractivity contribution in [1.82, 2.24) is 5.32 Å². The van der Waals surface area contributed by atoms with Crippen molar-refractivity contribution in [2.45, 2.75) is 46.1 Å². The zero-order valence-electron chi connectivity index (χ0n) is 10.6. The molecule has 1 heterocycles. The van der Waals surface area contributed by atoms with Crippen molar-refractivity contribution in [3.05, 3.63) is 20.8 Å². The smallest absolute Gasteiger partial charge is 0.0590 e. The zero-order valence-corrected chi connectivity index (χ0v) is 12.2. The number of rotatable bonds is 6. The first-order chi connectivity index (χ1) is 7.56. The Morgan fingerprint density at radius 2 is 2.06 bits per heavy atom. The molecule has 0 aromatic carbocycles. The molecular weight excluding hydrogens is 238 g/mol. The Balaban J connectivity index is 2.57. The number of hydrogen-bond acceptors (Lipinski definition) is 2. The van der Waals surface area contributed by atoms with Gasteiger partial charge in [-0.15, -0.1) is 11.3 Å². The summed E-state index contributed by atoms with van der Waals surface area (Å²) < 4.78 is 0. The molecule has 1 aromatic rings. The fourth-order valence-electron chi connectivity index (χ4n) is 1.82.